The molecule has 6 nitrogen and oxygen atoms in total. The predicted molar refractivity (Wildman–Crippen MR) is 105 cm³/mol. The van der Waals surface area contributed by atoms with Crippen molar-refractivity contribution in [3.8, 4) is 17.3 Å². The van der Waals surface area contributed by atoms with Crippen molar-refractivity contribution in [2.75, 3.05) is 12.1 Å². The van der Waals surface area contributed by atoms with E-state index in [4.69, 9.17) is 21.1 Å². The second-order valence-electron chi connectivity index (χ2n) is 6.14. The van der Waals surface area contributed by atoms with Crippen molar-refractivity contribution in [3.05, 3.63) is 83.1 Å². The van der Waals surface area contributed by atoms with Crippen LogP contribution in [0.2, 0.25) is 5.02 Å². The smallest absolute Gasteiger partial charge is 0.252 e. The maximum Gasteiger partial charge on any atom is 0.252 e. The Bertz CT molecular complexity index is 1150. The average Bonchev–Trinajstić information content (AvgIpc) is 3.34. The summed E-state index contributed by atoms with van der Waals surface area (Å²) in [7, 11) is 1.85. The highest BCUT2D eigenvalue weighted by Gasteiger charge is 2.27. The molecule has 0 unspecified atom stereocenters. The number of furan rings is 1. The van der Waals surface area contributed by atoms with Crippen molar-refractivity contribution in [1.29, 1.82) is 0 Å². The van der Waals surface area contributed by atoms with Gasteiger partial charge in [0.1, 0.15) is 5.71 Å². The van der Waals surface area contributed by atoms with Crippen molar-refractivity contribution in [2.45, 2.75) is 0 Å². The van der Waals surface area contributed by atoms with Crippen LogP contribution in [0.25, 0.3) is 17.3 Å². The van der Waals surface area contributed by atoms with E-state index in [1.54, 1.807) is 11.3 Å². The Morgan fingerprint density at radius 2 is 1.81 bits per heavy atom. The molecule has 4 aromatic rings. The molecule has 3 heterocycles. The quantitative estimate of drug-likeness (QED) is 0.521. The molecule has 7 heteroatoms. The Kier molecular flexibility index (Phi) is 3.58. The van der Waals surface area contributed by atoms with Crippen molar-refractivity contribution in [1.82, 2.24) is 14.8 Å². The summed E-state index contributed by atoms with van der Waals surface area (Å²) in [5.41, 5.74) is 3.59. The van der Waals surface area contributed by atoms with E-state index in [1.165, 1.54) is 0 Å². The van der Waals surface area contributed by atoms with Crippen LogP contribution in [0.3, 0.4) is 0 Å². The zero-order valence-corrected chi connectivity index (χ0v) is 15.1. The Balaban J connectivity index is 1.82. The fraction of sp³-hybridized carbons (Fsp3) is 0.0500. The first-order chi connectivity index (χ1) is 13.2. The number of nitrogens with zero attached hydrogens (tertiary/aromatic N) is 5. The summed E-state index contributed by atoms with van der Waals surface area (Å²) < 4.78 is 7.50. The van der Waals surface area contributed by atoms with E-state index in [-0.39, 0.29) is 0 Å². The molecule has 0 fully saturated rings. The predicted octanol–water partition coefficient (Wildman–Crippen LogP) is 4.38. The summed E-state index contributed by atoms with van der Waals surface area (Å²) in [5.74, 6) is 1.83. The Morgan fingerprint density at radius 1 is 0.963 bits per heavy atom. The molecule has 0 amide bonds. The van der Waals surface area contributed by atoms with Gasteiger partial charge in [-0.15, -0.1) is 10.2 Å². The van der Waals surface area contributed by atoms with E-state index >= 15 is 0 Å². The third-order valence-corrected chi connectivity index (χ3v) is 4.66. The van der Waals surface area contributed by atoms with Gasteiger partial charge < -0.3 is 4.42 Å². The zero-order chi connectivity index (χ0) is 18.4. The summed E-state index contributed by atoms with van der Waals surface area (Å²) in [6, 6.07) is 19.4. The minimum atomic E-state index is 0.593. The zero-order valence-electron chi connectivity index (χ0n) is 14.4. The minimum absolute atomic E-state index is 0.593. The first-order valence-corrected chi connectivity index (χ1v) is 8.77. The van der Waals surface area contributed by atoms with E-state index in [9.17, 15) is 0 Å². The highest BCUT2D eigenvalue weighted by molar-refractivity contribution is 6.31. The number of hydrogen-bond acceptors (Lipinski definition) is 5. The second-order valence-corrected chi connectivity index (χ2v) is 6.57. The lowest BCUT2D eigenvalue weighted by Gasteiger charge is -2.12. The number of benzene rings is 2. The van der Waals surface area contributed by atoms with E-state index < -0.39 is 0 Å². The van der Waals surface area contributed by atoms with Gasteiger partial charge in [-0.25, -0.2) is 5.01 Å². The van der Waals surface area contributed by atoms with E-state index in [0.717, 1.165) is 22.5 Å². The standard InChI is InChI=1S/C20H14ClN5O/c1-25-20-23-22-19(17-8-5-11-27-17)26(20)16-10-9-14(21)12-15(16)18(24-25)13-6-3-2-4-7-13/h2-12H,1H3. The van der Waals surface area contributed by atoms with Gasteiger partial charge >= 0.3 is 0 Å². The van der Waals surface area contributed by atoms with E-state index in [0.29, 0.717) is 22.6 Å². The molecule has 5 rings (SSSR count). The fourth-order valence-corrected chi connectivity index (χ4v) is 3.40. The molecule has 1 aliphatic rings. The topological polar surface area (TPSA) is 59.5 Å². The average molecular weight is 376 g/mol. The molecule has 0 saturated heterocycles. The third-order valence-electron chi connectivity index (χ3n) is 4.43. The third kappa shape index (κ3) is 2.53. The molecule has 0 aliphatic carbocycles. The second kappa shape index (κ2) is 6.10. The molecule has 27 heavy (non-hydrogen) atoms. The molecular formula is C20H14ClN5O. The van der Waals surface area contributed by atoms with Crippen molar-refractivity contribution in [2.24, 2.45) is 5.10 Å². The lowest BCUT2D eigenvalue weighted by molar-refractivity contribution is 0.575. The molecule has 1 aliphatic heterocycles. The Labute approximate surface area is 160 Å². The molecule has 0 bridgehead atoms. The van der Waals surface area contributed by atoms with E-state index in [1.807, 2.05) is 72.3 Å². The van der Waals surface area contributed by atoms with Crippen molar-refractivity contribution < 1.29 is 4.42 Å². The first kappa shape index (κ1) is 15.8. The van der Waals surface area contributed by atoms with Crippen LogP contribution in [-0.4, -0.2) is 27.5 Å². The fourth-order valence-electron chi connectivity index (χ4n) is 3.22. The molecule has 132 valence electrons. The number of fused-ring (bicyclic) bond motifs is 3. The summed E-state index contributed by atoms with van der Waals surface area (Å²) in [5, 5.41) is 15.8. The number of hydrazone groups is 1. The number of halogens is 1. The molecule has 0 radical (unpaired) electrons. The Morgan fingerprint density at radius 3 is 2.59 bits per heavy atom. The van der Waals surface area contributed by atoms with Gasteiger partial charge in [-0.2, -0.15) is 5.10 Å². The number of hydrogen-bond donors (Lipinski definition) is 0. The molecule has 2 aromatic heterocycles. The molecule has 0 N–H and O–H groups in total. The van der Waals surface area contributed by atoms with Gasteiger partial charge in [-0.05, 0) is 30.3 Å². The van der Waals surface area contributed by atoms with Crippen molar-refractivity contribution >= 4 is 23.3 Å². The molecule has 0 saturated carbocycles. The van der Waals surface area contributed by atoms with Crippen LogP contribution in [0, 0.1) is 0 Å². The maximum absolute atomic E-state index is 6.33. The highest BCUT2D eigenvalue weighted by Crippen LogP contribution is 2.34. The molecular weight excluding hydrogens is 362 g/mol. The molecule has 0 spiro atoms. The molecule has 0 atom stereocenters. The summed E-state index contributed by atoms with van der Waals surface area (Å²) in [4.78, 5) is 0. The molecule has 2 aromatic carbocycles. The number of rotatable bonds is 2. The van der Waals surface area contributed by atoms with Crippen molar-refractivity contribution in [3.63, 3.8) is 0 Å². The minimum Gasteiger partial charge on any atom is -0.461 e. The Hall–Kier alpha value is -3.38. The lowest BCUT2D eigenvalue weighted by Crippen LogP contribution is -2.14. The van der Waals surface area contributed by atoms with Crippen LogP contribution in [0.5, 0.6) is 0 Å². The van der Waals surface area contributed by atoms with Gasteiger partial charge in [-0.1, -0.05) is 41.9 Å². The van der Waals surface area contributed by atoms with Crippen LogP contribution >= 0.6 is 11.6 Å². The van der Waals surface area contributed by atoms with Crippen LogP contribution in [0.15, 0.2) is 76.4 Å². The largest absolute Gasteiger partial charge is 0.461 e. The SMILES string of the molecule is CN1N=C(c2ccccc2)c2cc(Cl)ccc2-n2c(-c3ccco3)nnc21. The summed E-state index contributed by atoms with van der Waals surface area (Å²) >= 11 is 6.33. The van der Waals surface area contributed by atoms with E-state index in [2.05, 4.69) is 10.2 Å². The summed E-state index contributed by atoms with van der Waals surface area (Å²) in [6.45, 7) is 0. The van der Waals surface area contributed by atoms with Gasteiger partial charge in [0.25, 0.3) is 5.95 Å². The van der Waals surface area contributed by atoms with Gasteiger partial charge in [0.05, 0.1) is 12.0 Å². The van der Waals surface area contributed by atoms with Gasteiger partial charge in [0, 0.05) is 23.2 Å². The van der Waals surface area contributed by atoms with Crippen LogP contribution in [-0.2, 0) is 0 Å². The van der Waals surface area contributed by atoms with Crippen LogP contribution < -0.4 is 5.01 Å². The number of anilines is 1. The van der Waals surface area contributed by atoms with Gasteiger partial charge in [0.2, 0.25) is 5.82 Å². The number of aromatic nitrogens is 3. The first-order valence-electron chi connectivity index (χ1n) is 8.40. The van der Waals surface area contributed by atoms with Crippen LogP contribution in [0.4, 0.5) is 5.95 Å². The lowest BCUT2D eigenvalue weighted by atomic mass is 10.0. The maximum atomic E-state index is 6.33. The summed E-state index contributed by atoms with van der Waals surface area (Å²) in [6.07, 6.45) is 1.62. The van der Waals surface area contributed by atoms with Crippen LogP contribution in [0.1, 0.15) is 11.1 Å². The van der Waals surface area contributed by atoms with Gasteiger partial charge in [0.15, 0.2) is 5.76 Å². The van der Waals surface area contributed by atoms with Gasteiger partial charge in [-0.3, -0.25) is 4.57 Å². The highest BCUT2D eigenvalue weighted by atomic mass is 35.5. The normalized spacial score (nSPS) is 13.0. The monoisotopic (exact) mass is 375 g/mol.